The first-order valence-corrected chi connectivity index (χ1v) is 10.8. The molecule has 1 amide bonds. The molecule has 0 spiro atoms. The second-order valence-electron chi connectivity index (χ2n) is 7.53. The number of fused-ring (bicyclic) bond motifs is 1. The Morgan fingerprint density at radius 3 is 2.55 bits per heavy atom. The number of nitrogens with zero attached hydrogens (tertiary/aromatic N) is 2. The minimum absolute atomic E-state index is 0.0855. The SMILES string of the molecule is CCN1CCN(C(=O)CC(c2ccc(Cl)c(Cl)c2)c2c[nH]c3ccccc23)CC1. The number of amides is 1. The number of aromatic amines is 1. The highest BCUT2D eigenvalue weighted by molar-refractivity contribution is 6.42. The molecule has 0 saturated carbocycles. The number of hydrogen-bond acceptors (Lipinski definition) is 2. The summed E-state index contributed by atoms with van der Waals surface area (Å²) in [6, 6.07) is 13.9. The van der Waals surface area contributed by atoms with Crippen molar-refractivity contribution in [2.45, 2.75) is 19.3 Å². The third-order valence-electron chi connectivity index (χ3n) is 5.89. The Morgan fingerprint density at radius 2 is 1.83 bits per heavy atom. The molecular weight excluding hydrogens is 405 g/mol. The van der Waals surface area contributed by atoms with E-state index in [9.17, 15) is 4.79 Å². The number of aromatic nitrogens is 1. The maximum absolute atomic E-state index is 13.2. The van der Waals surface area contributed by atoms with Gasteiger partial charge in [-0.3, -0.25) is 4.79 Å². The zero-order valence-electron chi connectivity index (χ0n) is 16.5. The topological polar surface area (TPSA) is 39.3 Å². The van der Waals surface area contributed by atoms with Crippen LogP contribution in [0.2, 0.25) is 10.0 Å². The van der Waals surface area contributed by atoms with E-state index < -0.39 is 0 Å². The number of carbonyl (C=O) groups is 1. The Morgan fingerprint density at radius 1 is 1.07 bits per heavy atom. The maximum Gasteiger partial charge on any atom is 0.223 e. The predicted molar refractivity (Wildman–Crippen MR) is 120 cm³/mol. The van der Waals surface area contributed by atoms with Crippen LogP contribution in [0.25, 0.3) is 10.9 Å². The first-order chi connectivity index (χ1) is 14.1. The Balaban J connectivity index is 1.65. The maximum atomic E-state index is 13.2. The minimum Gasteiger partial charge on any atom is -0.361 e. The molecule has 6 heteroatoms. The van der Waals surface area contributed by atoms with E-state index in [2.05, 4.69) is 28.9 Å². The number of hydrogen-bond donors (Lipinski definition) is 1. The molecule has 3 aromatic rings. The molecule has 1 saturated heterocycles. The second-order valence-corrected chi connectivity index (χ2v) is 8.35. The molecule has 1 aliphatic rings. The molecule has 2 heterocycles. The lowest BCUT2D eigenvalue weighted by molar-refractivity contribution is -0.133. The number of piperazine rings is 1. The van der Waals surface area contributed by atoms with E-state index in [4.69, 9.17) is 23.2 Å². The lowest BCUT2D eigenvalue weighted by Gasteiger charge is -2.35. The van der Waals surface area contributed by atoms with Crippen molar-refractivity contribution in [1.29, 1.82) is 0 Å². The molecule has 0 radical (unpaired) electrons. The smallest absolute Gasteiger partial charge is 0.223 e. The van der Waals surface area contributed by atoms with E-state index in [0.29, 0.717) is 16.5 Å². The van der Waals surface area contributed by atoms with Crippen LogP contribution < -0.4 is 0 Å². The van der Waals surface area contributed by atoms with Gasteiger partial charge in [-0.15, -0.1) is 0 Å². The van der Waals surface area contributed by atoms with Gasteiger partial charge < -0.3 is 14.8 Å². The fraction of sp³-hybridized carbons (Fsp3) is 0.348. The zero-order valence-corrected chi connectivity index (χ0v) is 18.0. The van der Waals surface area contributed by atoms with Crippen LogP contribution >= 0.6 is 23.2 Å². The minimum atomic E-state index is -0.0855. The van der Waals surface area contributed by atoms with Crippen molar-refractivity contribution in [3.05, 3.63) is 69.8 Å². The summed E-state index contributed by atoms with van der Waals surface area (Å²) in [5.74, 6) is 0.0970. The average Bonchev–Trinajstić information content (AvgIpc) is 3.18. The van der Waals surface area contributed by atoms with E-state index >= 15 is 0 Å². The van der Waals surface area contributed by atoms with Crippen molar-refractivity contribution in [2.75, 3.05) is 32.7 Å². The largest absolute Gasteiger partial charge is 0.361 e. The van der Waals surface area contributed by atoms with Crippen LogP contribution in [-0.2, 0) is 4.79 Å². The number of H-pyrrole nitrogens is 1. The van der Waals surface area contributed by atoms with Crippen molar-refractivity contribution < 1.29 is 4.79 Å². The van der Waals surface area contributed by atoms with E-state index in [1.54, 1.807) is 0 Å². The van der Waals surface area contributed by atoms with Crippen molar-refractivity contribution in [1.82, 2.24) is 14.8 Å². The van der Waals surface area contributed by atoms with Gasteiger partial charge in [0.1, 0.15) is 0 Å². The van der Waals surface area contributed by atoms with Gasteiger partial charge in [-0.25, -0.2) is 0 Å². The number of rotatable bonds is 5. The number of halogens is 2. The summed E-state index contributed by atoms with van der Waals surface area (Å²) >= 11 is 12.5. The van der Waals surface area contributed by atoms with E-state index in [-0.39, 0.29) is 11.8 Å². The van der Waals surface area contributed by atoms with Crippen molar-refractivity contribution in [3.8, 4) is 0 Å². The molecule has 0 bridgehead atoms. The Kier molecular flexibility index (Phi) is 6.14. The summed E-state index contributed by atoms with van der Waals surface area (Å²) in [5, 5.41) is 2.17. The molecule has 0 aliphatic carbocycles. The summed E-state index contributed by atoms with van der Waals surface area (Å²) in [4.78, 5) is 20.9. The highest BCUT2D eigenvalue weighted by atomic mass is 35.5. The number of para-hydroxylation sites is 1. The van der Waals surface area contributed by atoms with Gasteiger partial charge >= 0.3 is 0 Å². The Bertz CT molecular complexity index is 1010. The van der Waals surface area contributed by atoms with Gasteiger partial charge in [-0.1, -0.05) is 54.4 Å². The fourth-order valence-corrected chi connectivity index (χ4v) is 4.44. The summed E-state index contributed by atoms with van der Waals surface area (Å²) in [6.07, 6.45) is 2.42. The van der Waals surface area contributed by atoms with Gasteiger partial charge in [0, 0.05) is 55.6 Å². The van der Waals surface area contributed by atoms with Crippen LogP contribution in [-0.4, -0.2) is 53.4 Å². The van der Waals surface area contributed by atoms with Crippen LogP contribution in [0.1, 0.15) is 30.4 Å². The average molecular weight is 430 g/mol. The highest BCUT2D eigenvalue weighted by Crippen LogP contribution is 2.36. The van der Waals surface area contributed by atoms with Gasteiger partial charge in [0.15, 0.2) is 0 Å². The van der Waals surface area contributed by atoms with E-state index in [1.165, 1.54) is 0 Å². The third kappa shape index (κ3) is 4.30. The number of benzene rings is 2. The first-order valence-electron chi connectivity index (χ1n) is 10.1. The number of likely N-dealkylation sites (N-methyl/N-ethyl adjacent to an activating group) is 1. The molecule has 152 valence electrons. The molecule has 2 aromatic carbocycles. The molecule has 1 aromatic heterocycles. The van der Waals surface area contributed by atoms with Crippen LogP contribution in [0, 0.1) is 0 Å². The molecule has 1 unspecified atom stereocenters. The Labute approximate surface area is 181 Å². The fourth-order valence-electron chi connectivity index (χ4n) is 4.14. The van der Waals surface area contributed by atoms with Gasteiger partial charge in [-0.05, 0) is 35.9 Å². The molecule has 29 heavy (non-hydrogen) atoms. The zero-order chi connectivity index (χ0) is 20.4. The van der Waals surface area contributed by atoms with E-state index in [1.807, 2.05) is 41.4 Å². The summed E-state index contributed by atoms with van der Waals surface area (Å²) in [6.45, 7) is 6.64. The highest BCUT2D eigenvalue weighted by Gasteiger charge is 2.26. The van der Waals surface area contributed by atoms with Crippen LogP contribution in [0.15, 0.2) is 48.7 Å². The van der Waals surface area contributed by atoms with Crippen LogP contribution in [0.5, 0.6) is 0 Å². The second kappa shape index (κ2) is 8.78. The van der Waals surface area contributed by atoms with E-state index in [0.717, 1.165) is 54.8 Å². The van der Waals surface area contributed by atoms with Crippen LogP contribution in [0.3, 0.4) is 0 Å². The molecule has 4 nitrogen and oxygen atoms in total. The Hall–Kier alpha value is -2.01. The van der Waals surface area contributed by atoms with Crippen molar-refractivity contribution in [2.24, 2.45) is 0 Å². The molecule has 1 N–H and O–H groups in total. The number of nitrogens with one attached hydrogen (secondary N) is 1. The van der Waals surface area contributed by atoms with Crippen molar-refractivity contribution in [3.63, 3.8) is 0 Å². The summed E-state index contributed by atoms with van der Waals surface area (Å²) in [5.41, 5.74) is 3.18. The molecule has 1 atom stereocenters. The third-order valence-corrected chi connectivity index (χ3v) is 6.63. The normalized spacial score (nSPS) is 16.3. The first kappa shape index (κ1) is 20.3. The standard InChI is InChI=1S/C23H25Cl2N3O/c1-2-27-9-11-28(12-10-27)23(29)14-18(16-7-8-20(24)21(25)13-16)19-15-26-22-6-4-3-5-17(19)22/h3-8,13,15,18,26H,2,9-12,14H2,1H3. The summed E-state index contributed by atoms with van der Waals surface area (Å²) in [7, 11) is 0. The molecular formula is C23H25Cl2N3O. The quantitative estimate of drug-likeness (QED) is 0.607. The van der Waals surface area contributed by atoms with Gasteiger partial charge in [-0.2, -0.15) is 0 Å². The predicted octanol–water partition coefficient (Wildman–Crippen LogP) is 5.16. The lowest BCUT2D eigenvalue weighted by atomic mass is 9.87. The van der Waals surface area contributed by atoms with Crippen LogP contribution in [0.4, 0.5) is 0 Å². The van der Waals surface area contributed by atoms with Gasteiger partial charge in [0.05, 0.1) is 10.0 Å². The number of carbonyl (C=O) groups excluding carboxylic acids is 1. The lowest BCUT2D eigenvalue weighted by Crippen LogP contribution is -2.48. The summed E-state index contributed by atoms with van der Waals surface area (Å²) < 4.78 is 0. The monoisotopic (exact) mass is 429 g/mol. The van der Waals surface area contributed by atoms with Gasteiger partial charge in [0.2, 0.25) is 5.91 Å². The molecule has 1 aliphatic heterocycles. The molecule has 1 fully saturated rings. The van der Waals surface area contributed by atoms with Gasteiger partial charge in [0.25, 0.3) is 0 Å². The molecule has 4 rings (SSSR count). The van der Waals surface area contributed by atoms with Crippen molar-refractivity contribution >= 4 is 40.0 Å².